The van der Waals surface area contributed by atoms with Gasteiger partial charge in [-0.15, -0.1) is 11.3 Å². The lowest BCUT2D eigenvalue weighted by Gasteiger charge is -2.14. The number of nitrogens with zero attached hydrogens (tertiary/aromatic N) is 2. The van der Waals surface area contributed by atoms with Gasteiger partial charge in [0.1, 0.15) is 0 Å². The van der Waals surface area contributed by atoms with Crippen molar-refractivity contribution in [1.82, 2.24) is 4.98 Å². The summed E-state index contributed by atoms with van der Waals surface area (Å²) in [6, 6.07) is 64.0. The molecule has 2 nitrogen and oxygen atoms in total. The van der Waals surface area contributed by atoms with Crippen LogP contribution in [0.3, 0.4) is 0 Å². The predicted octanol–water partition coefficient (Wildman–Crippen LogP) is 14.0. The van der Waals surface area contributed by atoms with Crippen LogP contribution in [0.25, 0.3) is 92.0 Å². The van der Waals surface area contributed by atoms with Crippen LogP contribution in [-0.4, -0.2) is 4.98 Å². The summed E-state index contributed by atoms with van der Waals surface area (Å²) >= 11 is 1.87. The van der Waals surface area contributed by atoms with Crippen molar-refractivity contribution in [3.63, 3.8) is 0 Å². The molecule has 0 saturated heterocycles. The Balaban J connectivity index is 1.29. The second kappa shape index (κ2) is 13.0. The van der Waals surface area contributed by atoms with E-state index in [-0.39, 0.29) is 0 Å². The number of rotatable bonds is 6. The van der Waals surface area contributed by atoms with Gasteiger partial charge in [-0.25, -0.2) is 9.83 Å². The maximum atomic E-state index is 7.51. The summed E-state index contributed by atoms with van der Waals surface area (Å²) in [5.74, 6) is 0. The van der Waals surface area contributed by atoms with Gasteiger partial charge in [-0.1, -0.05) is 152 Å². The molecule has 7 aromatic carbocycles. The minimum Gasteiger partial charge on any atom is -0.248 e. The third-order valence-electron chi connectivity index (χ3n) is 9.48. The van der Waals surface area contributed by atoms with Gasteiger partial charge in [0.15, 0.2) is 5.69 Å². The van der Waals surface area contributed by atoms with Gasteiger partial charge in [-0.05, 0) is 74.8 Å². The number of benzene rings is 7. The van der Waals surface area contributed by atoms with E-state index in [9.17, 15) is 0 Å². The molecule has 0 amide bonds. The predicted molar refractivity (Wildman–Crippen MR) is 216 cm³/mol. The summed E-state index contributed by atoms with van der Waals surface area (Å²) < 4.78 is 2.57. The van der Waals surface area contributed by atoms with E-state index in [1.165, 1.54) is 36.9 Å². The van der Waals surface area contributed by atoms with Gasteiger partial charge in [-0.3, -0.25) is 0 Å². The van der Waals surface area contributed by atoms with Crippen LogP contribution in [0.1, 0.15) is 0 Å². The van der Waals surface area contributed by atoms with E-state index in [4.69, 9.17) is 11.6 Å². The van der Waals surface area contributed by atoms with E-state index < -0.39 is 0 Å². The van der Waals surface area contributed by atoms with Crippen LogP contribution in [0.4, 0.5) is 5.69 Å². The molecule has 0 aliphatic rings. The fraction of sp³-hybridized carbons (Fsp3) is 0. The standard InChI is InChI=1S/C48H30N2S/c1-49-40-25-23-32(24-26-40)36-27-37(38-30-45(34-15-7-3-8-16-34)50-46(31-38)35-17-9-4-10-18-35)29-39(28-36)42-20-12-22-44-43-21-11-19-41(47(43)51-48(42)44)33-13-5-2-6-14-33/h2-31H. The highest BCUT2D eigenvalue weighted by molar-refractivity contribution is 7.26. The molecular weight excluding hydrogens is 637 g/mol. The van der Waals surface area contributed by atoms with E-state index in [0.717, 1.165) is 50.3 Å². The van der Waals surface area contributed by atoms with Crippen LogP contribution in [0.15, 0.2) is 182 Å². The lowest BCUT2D eigenvalue weighted by atomic mass is 9.91. The monoisotopic (exact) mass is 666 g/mol. The summed E-state index contributed by atoms with van der Waals surface area (Å²) in [4.78, 5) is 8.79. The van der Waals surface area contributed by atoms with Crippen molar-refractivity contribution < 1.29 is 0 Å². The second-order valence-corrected chi connectivity index (χ2v) is 13.7. The Morgan fingerprint density at radius 3 is 1.35 bits per heavy atom. The minimum absolute atomic E-state index is 0.633. The molecular formula is C48H30N2S. The molecule has 0 unspecified atom stereocenters. The Hall–Kier alpha value is -6.60. The molecule has 2 heterocycles. The largest absolute Gasteiger partial charge is 0.248 e. The molecule has 9 aromatic rings. The zero-order valence-electron chi connectivity index (χ0n) is 27.6. The van der Waals surface area contributed by atoms with E-state index in [2.05, 4.69) is 163 Å². The lowest BCUT2D eigenvalue weighted by molar-refractivity contribution is 1.32. The van der Waals surface area contributed by atoms with Crippen molar-refractivity contribution in [2.75, 3.05) is 0 Å². The molecule has 0 fully saturated rings. The minimum atomic E-state index is 0.633. The second-order valence-electron chi connectivity index (χ2n) is 12.6. The van der Waals surface area contributed by atoms with Gasteiger partial charge < -0.3 is 0 Å². The van der Waals surface area contributed by atoms with Gasteiger partial charge in [0.25, 0.3) is 0 Å². The fourth-order valence-corrected chi connectivity index (χ4v) is 8.32. The molecule has 0 N–H and O–H groups in total. The molecule has 3 heteroatoms. The average Bonchev–Trinajstić information content (AvgIpc) is 3.61. The van der Waals surface area contributed by atoms with Crippen molar-refractivity contribution in [3.05, 3.63) is 193 Å². The maximum absolute atomic E-state index is 7.51. The van der Waals surface area contributed by atoms with Crippen molar-refractivity contribution in [1.29, 1.82) is 0 Å². The molecule has 0 bridgehead atoms. The third kappa shape index (κ3) is 5.78. The Labute approximate surface area is 301 Å². The van der Waals surface area contributed by atoms with Gasteiger partial charge >= 0.3 is 0 Å². The molecule has 0 aliphatic carbocycles. The molecule has 51 heavy (non-hydrogen) atoms. The van der Waals surface area contributed by atoms with Crippen LogP contribution in [0.2, 0.25) is 0 Å². The highest BCUT2D eigenvalue weighted by Crippen LogP contribution is 2.45. The van der Waals surface area contributed by atoms with Gasteiger partial charge in [0, 0.05) is 31.3 Å². The van der Waals surface area contributed by atoms with Crippen molar-refractivity contribution in [3.8, 4) is 67.0 Å². The smallest absolute Gasteiger partial charge is 0.187 e. The first-order valence-electron chi connectivity index (χ1n) is 17.0. The number of hydrogen-bond acceptors (Lipinski definition) is 2. The zero-order chi connectivity index (χ0) is 34.1. The molecule has 238 valence electrons. The molecule has 0 spiro atoms. The van der Waals surface area contributed by atoms with Gasteiger partial charge in [0.2, 0.25) is 0 Å². The topological polar surface area (TPSA) is 17.2 Å². The van der Waals surface area contributed by atoms with Crippen LogP contribution in [-0.2, 0) is 0 Å². The first-order chi connectivity index (χ1) is 25.2. The maximum Gasteiger partial charge on any atom is 0.187 e. The van der Waals surface area contributed by atoms with Crippen LogP contribution in [0.5, 0.6) is 0 Å². The fourth-order valence-electron chi connectivity index (χ4n) is 6.95. The molecule has 0 atom stereocenters. The normalized spacial score (nSPS) is 11.1. The number of thiophene rings is 1. The van der Waals surface area contributed by atoms with Gasteiger partial charge in [-0.2, -0.15) is 0 Å². The molecule has 0 saturated carbocycles. The number of fused-ring (bicyclic) bond motifs is 3. The Morgan fingerprint density at radius 1 is 0.373 bits per heavy atom. The quantitative estimate of drug-likeness (QED) is 0.161. The number of pyridine rings is 1. The van der Waals surface area contributed by atoms with Crippen molar-refractivity contribution in [2.24, 2.45) is 0 Å². The number of aromatic nitrogens is 1. The summed E-state index contributed by atoms with van der Waals surface area (Å²) in [7, 11) is 0. The summed E-state index contributed by atoms with van der Waals surface area (Å²) in [5, 5.41) is 2.54. The first-order valence-corrected chi connectivity index (χ1v) is 17.8. The third-order valence-corrected chi connectivity index (χ3v) is 10.8. The lowest BCUT2D eigenvalue weighted by Crippen LogP contribution is -1.92. The zero-order valence-corrected chi connectivity index (χ0v) is 28.4. The highest BCUT2D eigenvalue weighted by Gasteiger charge is 2.17. The van der Waals surface area contributed by atoms with E-state index in [1.807, 2.05) is 35.6 Å². The molecule has 0 radical (unpaired) electrons. The summed E-state index contributed by atoms with van der Waals surface area (Å²) in [6.45, 7) is 7.51. The van der Waals surface area contributed by atoms with E-state index in [1.54, 1.807) is 0 Å². The number of hydrogen-bond donors (Lipinski definition) is 0. The summed E-state index contributed by atoms with van der Waals surface area (Å²) in [5.41, 5.74) is 13.9. The molecule has 9 rings (SSSR count). The average molecular weight is 667 g/mol. The highest BCUT2D eigenvalue weighted by atomic mass is 32.1. The van der Waals surface area contributed by atoms with Crippen LogP contribution < -0.4 is 0 Å². The molecule has 0 aliphatic heterocycles. The van der Waals surface area contributed by atoms with E-state index >= 15 is 0 Å². The Morgan fingerprint density at radius 2 is 0.824 bits per heavy atom. The summed E-state index contributed by atoms with van der Waals surface area (Å²) in [6.07, 6.45) is 0. The van der Waals surface area contributed by atoms with Crippen molar-refractivity contribution in [2.45, 2.75) is 0 Å². The van der Waals surface area contributed by atoms with Gasteiger partial charge in [0.05, 0.1) is 18.0 Å². The SMILES string of the molecule is [C-]#[N+]c1ccc(-c2cc(-c3cc(-c4ccccc4)nc(-c4ccccc4)c3)cc(-c3cccc4c3sc3c(-c5ccccc5)cccc34)c2)cc1. The Bertz CT molecular complexity index is 2670. The van der Waals surface area contributed by atoms with Crippen LogP contribution >= 0.6 is 11.3 Å². The first kappa shape index (κ1) is 30.5. The van der Waals surface area contributed by atoms with E-state index in [0.29, 0.717) is 5.69 Å². The Kier molecular flexibility index (Phi) is 7.78. The molecule has 2 aromatic heterocycles. The van der Waals surface area contributed by atoms with Crippen molar-refractivity contribution >= 4 is 37.2 Å². The van der Waals surface area contributed by atoms with Crippen LogP contribution in [0, 0.1) is 6.57 Å².